The van der Waals surface area contributed by atoms with Crippen molar-refractivity contribution in [3.63, 3.8) is 0 Å². The Morgan fingerprint density at radius 3 is 2.83 bits per heavy atom. The molecule has 1 amide bonds. The Balaban J connectivity index is 1.39. The maximum Gasteiger partial charge on any atom is 0.228 e. The van der Waals surface area contributed by atoms with Crippen molar-refractivity contribution in [3.8, 4) is 5.75 Å². The summed E-state index contributed by atoms with van der Waals surface area (Å²) < 4.78 is 28.7. The van der Waals surface area contributed by atoms with Crippen molar-refractivity contribution in [2.24, 2.45) is 0 Å². The van der Waals surface area contributed by atoms with Crippen molar-refractivity contribution in [2.45, 2.75) is 30.3 Å². The summed E-state index contributed by atoms with van der Waals surface area (Å²) in [5.74, 6) is 1.07. The van der Waals surface area contributed by atoms with E-state index in [9.17, 15) is 9.00 Å². The number of nitrogens with one attached hydrogen (secondary N) is 1. The van der Waals surface area contributed by atoms with E-state index in [4.69, 9.17) is 13.9 Å². The van der Waals surface area contributed by atoms with E-state index < -0.39 is 10.8 Å². The second kappa shape index (κ2) is 9.45. The molecule has 6 nitrogen and oxygen atoms in total. The molecule has 1 N–H and O–H groups in total. The molecule has 0 bridgehead atoms. The molecule has 1 aliphatic heterocycles. The average Bonchev–Trinajstić information content (AvgIpc) is 3.16. The number of carbonyl (C=O) groups excluding carboxylic acids is 1. The number of benzene rings is 2. The number of fused-ring (bicyclic) bond motifs is 1. The molecule has 4 rings (SSSR count). The number of hydrogen-bond donors (Lipinski definition) is 1. The molecule has 1 unspecified atom stereocenters. The molecule has 2 aromatic carbocycles. The van der Waals surface area contributed by atoms with Crippen LogP contribution in [0, 0.1) is 0 Å². The van der Waals surface area contributed by atoms with Crippen LogP contribution in [0.5, 0.6) is 5.75 Å². The number of amides is 1. The van der Waals surface area contributed by atoms with Gasteiger partial charge in [-0.05, 0) is 42.7 Å². The molecule has 2 heterocycles. The molecule has 0 radical (unpaired) electrons. The van der Waals surface area contributed by atoms with Crippen molar-refractivity contribution in [1.82, 2.24) is 0 Å². The van der Waals surface area contributed by atoms with E-state index in [-0.39, 0.29) is 17.6 Å². The van der Waals surface area contributed by atoms with Crippen LogP contribution in [0.3, 0.4) is 0 Å². The summed E-state index contributed by atoms with van der Waals surface area (Å²) in [7, 11) is 0.664. The van der Waals surface area contributed by atoms with Gasteiger partial charge in [-0.15, -0.1) is 0 Å². The standard InChI is InChI=1S/C23H25NO5S/c1-27-19-5-6-21-17(14-29-22(21)13-19)12-23(25)24-18-4-2-3-16(11-18)15-30(26)20-7-9-28-10-8-20/h2-6,11,13-14,20H,7-10,12,15H2,1H3,(H,24,25). The van der Waals surface area contributed by atoms with Gasteiger partial charge in [0, 0.05) is 57.7 Å². The van der Waals surface area contributed by atoms with E-state index in [1.807, 2.05) is 36.4 Å². The minimum Gasteiger partial charge on any atom is -0.497 e. The lowest BCUT2D eigenvalue weighted by Gasteiger charge is -2.21. The largest absolute Gasteiger partial charge is 0.497 e. The van der Waals surface area contributed by atoms with Crippen LogP contribution in [0.4, 0.5) is 5.69 Å². The van der Waals surface area contributed by atoms with Gasteiger partial charge in [0.05, 0.1) is 19.8 Å². The SMILES string of the molecule is COc1ccc2c(CC(=O)Nc3cccc(CS(=O)C4CCOCC4)c3)coc2c1. The zero-order valence-corrected chi connectivity index (χ0v) is 17.7. The van der Waals surface area contributed by atoms with Gasteiger partial charge in [0.1, 0.15) is 11.3 Å². The molecular weight excluding hydrogens is 402 g/mol. The number of methoxy groups -OCH3 is 1. The van der Waals surface area contributed by atoms with E-state index in [2.05, 4.69) is 5.32 Å². The smallest absolute Gasteiger partial charge is 0.228 e. The number of hydrogen-bond acceptors (Lipinski definition) is 5. The van der Waals surface area contributed by atoms with Crippen LogP contribution < -0.4 is 10.1 Å². The number of ether oxygens (including phenoxy) is 2. The van der Waals surface area contributed by atoms with E-state index in [1.165, 1.54) is 0 Å². The van der Waals surface area contributed by atoms with Crippen LogP contribution in [0.15, 0.2) is 53.1 Å². The van der Waals surface area contributed by atoms with E-state index >= 15 is 0 Å². The number of rotatable bonds is 7. The summed E-state index contributed by atoms with van der Waals surface area (Å²) in [6, 6.07) is 13.1. The molecule has 1 fully saturated rings. The minimum atomic E-state index is -0.938. The Morgan fingerprint density at radius 1 is 1.20 bits per heavy atom. The third kappa shape index (κ3) is 4.91. The van der Waals surface area contributed by atoms with Gasteiger partial charge < -0.3 is 19.2 Å². The fourth-order valence-corrected chi connectivity index (χ4v) is 5.13. The van der Waals surface area contributed by atoms with Gasteiger partial charge in [-0.3, -0.25) is 9.00 Å². The van der Waals surface area contributed by atoms with E-state index in [0.29, 0.717) is 36.0 Å². The van der Waals surface area contributed by atoms with Crippen LogP contribution in [-0.2, 0) is 32.5 Å². The van der Waals surface area contributed by atoms with Crippen molar-refractivity contribution in [3.05, 3.63) is 59.9 Å². The zero-order valence-electron chi connectivity index (χ0n) is 16.9. The van der Waals surface area contributed by atoms with Crippen molar-refractivity contribution >= 4 is 33.4 Å². The Morgan fingerprint density at radius 2 is 2.03 bits per heavy atom. The highest BCUT2D eigenvalue weighted by atomic mass is 32.2. The minimum absolute atomic E-state index is 0.129. The van der Waals surface area contributed by atoms with Gasteiger partial charge in [0.2, 0.25) is 5.91 Å². The third-order valence-electron chi connectivity index (χ3n) is 5.27. The predicted molar refractivity (Wildman–Crippen MR) is 117 cm³/mol. The summed E-state index contributed by atoms with van der Waals surface area (Å²) in [5, 5.41) is 4.02. The molecule has 0 aliphatic carbocycles. The zero-order chi connectivity index (χ0) is 20.9. The quantitative estimate of drug-likeness (QED) is 0.616. The molecule has 0 saturated carbocycles. The third-order valence-corrected chi connectivity index (χ3v) is 7.11. The molecule has 30 heavy (non-hydrogen) atoms. The molecule has 7 heteroatoms. The molecule has 1 saturated heterocycles. The number of anilines is 1. The summed E-state index contributed by atoms with van der Waals surface area (Å²) in [5.41, 5.74) is 3.17. The van der Waals surface area contributed by atoms with Crippen molar-refractivity contribution in [2.75, 3.05) is 25.6 Å². The van der Waals surface area contributed by atoms with Gasteiger partial charge in [0.25, 0.3) is 0 Å². The first-order chi connectivity index (χ1) is 14.6. The first-order valence-corrected chi connectivity index (χ1v) is 11.4. The maximum absolute atomic E-state index is 12.6. The highest BCUT2D eigenvalue weighted by molar-refractivity contribution is 7.84. The maximum atomic E-state index is 12.6. The van der Waals surface area contributed by atoms with Gasteiger partial charge in [0.15, 0.2) is 0 Å². The van der Waals surface area contributed by atoms with Gasteiger partial charge in [-0.2, -0.15) is 0 Å². The fourth-order valence-electron chi connectivity index (χ4n) is 3.67. The fraction of sp³-hybridized carbons (Fsp3) is 0.348. The van der Waals surface area contributed by atoms with E-state index in [1.54, 1.807) is 19.4 Å². The van der Waals surface area contributed by atoms with Gasteiger partial charge in [-0.25, -0.2) is 0 Å². The Bertz CT molecular complexity index is 1050. The molecule has 3 aromatic rings. The predicted octanol–water partition coefficient (Wildman–Crippen LogP) is 4.05. The van der Waals surface area contributed by atoms with Crippen LogP contribution in [0.1, 0.15) is 24.0 Å². The van der Waals surface area contributed by atoms with Crippen molar-refractivity contribution in [1.29, 1.82) is 0 Å². The Kier molecular flexibility index (Phi) is 6.50. The highest BCUT2D eigenvalue weighted by Gasteiger charge is 2.20. The lowest BCUT2D eigenvalue weighted by molar-refractivity contribution is -0.115. The van der Waals surface area contributed by atoms with Gasteiger partial charge >= 0.3 is 0 Å². The summed E-state index contributed by atoms with van der Waals surface area (Å²) in [4.78, 5) is 12.6. The molecule has 1 aromatic heterocycles. The normalized spacial score (nSPS) is 15.8. The summed E-state index contributed by atoms with van der Waals surface area (Å²) >= 11 is 0. The van der Waals surface area contributed by atoms with Crippen LogP contribution >= 0.6 is 0 Å². The van der Waals surface area contributed by atoms with Gasteiger partial charge in [-0.1, -0.05) is 12.1 Å². The molecule has 0 spiro atoms. The lowest BCUT2D eigenvalue weighted by Crippen LogP contribution is -2.25. The topological polar surface area (TPSA) is 77.8 Å². The molecule has 158 valence electrons. The highest BCUT2D eigenvalue weighted by Crippen LogP contribution is 2.26. The molecular formula is C23H25NO5S. The second-order valence-corrected chi connectivity index (χ2v) is 9.10. The van der Waals surface area contributed by atoms with Crippen LogP contribution in [-0.4, -0.2) is 35.7 Å². The first kappa shape index (κ1) is 20.6. The lowest BCUT2D eigenvalue weighted by atomic mass is 10.1. The average molecular weight is 428 g/mol. The Hall–Kier alpha value is -2.64. The molecule has 1 atom stereocenters. The van der Waals surface area contributed by atoms with Crippen LogP contribution in [0.2, 0.25) is 0 Å². The summed E-state index contributed by atoms with van der Waals surface area (Å²) in [6.45, 7) is 1.37. The van der Waals surface area contributed by atoms with E-state index in [0.717, 1.165) is 29.4 Å². The van der Waals surface area contributed by atoms with Crippen LogP contribution in [0.25, 0.3) is 11.0 Å². The monoisotopic (exact) mass is 427 g/mol. The second-order valence-electron chi connectivity index (χ2n) is 7.39. The molecule has 1 aliphatic rings. The number of furan rings is 1. The first-order valence-electron chi connectivity index (χ1n) is 10.00. The Labute approximate surface area is 178 Å². The number of carbonyl (C=O) groups is 1. The summed E-state index contributed by atoms with van der Waals surface area (Å²) in [6.07, 6.45) is 3.50. The van der Waals surface area contributed by atoms with Crippen molar-refractivity contribution < 1.29 is 22.9 Å².